The minimum atomic E-state index is -0.393. The first kappa shape index (κ1) is 25.2. The summed E-state index contributed by atoms with van der Waals surface area (Å²) in [6.45, 7) is 1.63. The predicted octanol–water partition coefficient (Wildman–Crippen LogP) is 6.61. The van der Waals surface area contributed by atoms with Gasteiger partial charge in [-0.1, -0.05) is 45.2 Å². The van der Waals surface area contributed by atoms with Crippen molar-refractivity contribution in [2.75, 3.05) is 11.9 Å². The van der Waals surface area contributed by atoms with Gasteiger partial charge in [0.2, 0.25) is 0 Å². The maximum Gasteiger partial charge on any atom is 0.271 e. The number of hydrogen-bond donors (Lipinski definition) is 2. The van der Waals surface area contributed by atoms with E-state index in [0.29, 0.717) is 37.1 Å². The highest BCUT2D eigenvalue weighted by Gasteiger charge is 2.12. The van der Waals surface area contributed by atoms with Crippen molar-refractivity contribution in [1.82, 2.24) is 5.43 Å². The number of carbonyl (C=O) groups is 2. The van der Waals surface area contributed by atoms with Crippen molar-refractivity contribution in [1.29, 1.82) is 0 Å². The summed E-state index contributed by atoms with van der Waals surface area (Å²) < 4.78 is 7.10. The first-order chi connectivity index (χ1) is 15.7. The van der Waals surface area contributed by atoms with Gasteiger partial charge < -0.3 is 10.1 Å². The van der Waals surface area contributed by atoms with Gasteiger partial charge in [-0.2, -0.15) is 5.10 Å². The van der Waals surface area contributed by atoms with E-state index in [-0.39, 0.29) is 12.5 Å². The number of nitrogens with one attached hydrogen (secondary N) is 2. The lowest BCUT2D eigenvalue weighted by molar-refractivity contribution is -0.118. The van der Waals surface area contributed by atoms with Gasteiger partial charge in [-0.05, 0) is 76.9 Å². The molecular weight excluding hydrogens is 597 g/mol. The van der Waals surface area contributed by atoms with Crippen LogP contribution in [0.4, 0.5) is 5.69 Å². The van der Waals surface area contributed by atoms with Gasteiger partial charge in [-0.3, -0.25) is 9.59 Å². The van der Waals surface area contributed by atoms with E-state index in [9.17, 15) is 9.59 Å². The van der Waals surface area contributed by atoms with Crippen LogP contribution >= 0.6 is 55.1 Å². The summed E-state index contributed by atoms with van der Waals surface area (Å²) in [6, 6.07) is 15.2. The van der Waals surface area contributed by atoms with E-state index >= 15 is 0 Å². The molecule has 0 saturated heterocycles. The quantitative estimate of drug-likeness (QED) is 0.233. The fraction of sp³-hybridized carbons (Fsp3) is 0.0870. The van der Waals surface area contributed by atoms with Gasteiger partial charge in [0.25, 0.3) is 11.8 Å². The molecule has 2 amide bonds. The number of ether oxygens (including phenoxy) is 1. The van der Waals surface area contributed by atoms with Crippen molar-refractivity contribution in [3.63, 3.8) is 0 Å². The molecule has 0 radical (unpaired) electrons. The molecule has 2 N–H and O–H groups in total. The summed E-state index contributed by atoms with van der Waals surface area (Å²) >= 11 is 18.8. The number of carbonyl (C=O) groups excluding carboxylic acids is 2. The standard InChI is InChI=1S/C23H17Br2Cl2N3O3/c1-13-2-7-18(10-20(13)27)29-21(31)12-33-22-15(8-16(24)9-19(22)25)11-28-30-23(32)14-3-5-17(26)6-4-14/h2-11H,12H2,1H3,(H,29,31)(H,30,32)/b28-11+. The van der Waals surface area contributed by atoms with E-state index in [1.165, 1.54) is 6.21 Å². The highest BCUT2D eigenvalue weighted by atomic mass is 79.9. The van der Waals surface area contributed by atoms with Gasteiger partial charge in [0.05, 0.1) is 10.7 Å². The topological polar surface area (TPSA) is 79.8 Å². The third-order valence-corrected chi connectivity index (χ3v) is 6.02. The maximum absolute atomic E-state index is 12.4. The first-order valence-electron chi connectivity index (χ1n) is 9.50. The average Bonchev–Trinajstić information content (AvgIpc) is 2.76. The van der Waals surface area contributed by atoms with Gasteiger partial charge in [0.1, 0.15) is 5.75 Å². The second-order valence-corrected chi connectivity index (χ2v) is 9.43. The monoisotopic (exact) mass is 611 g/mol. The molecule has 6 nitrogen and oxygen atoms in total. The Labute approximate surface area is 217 Å². The van der Waals surface area contributed by atoms with E-state index in [0.717, 1.165) is 10.0 Å². The van der Waals surface area contributed by atoms with Crippen LogP contribution in [0.5, 0.6) is 5.75 Å². The number of nitrogens with zero attached hydrogens (tertiary/aromatic N) is 1. The Morgan fingerprint density at radius 3 is 2.48 bits per heavy atom. The van der Waals surface area contributed by atoms with Gasteiger partial charge in [0, 0.05) is 31.3 Å². The lowest BCUT2D eigenvalue weighted by Crippen LogP contribution is -2.21. The van der Waals surface area contributed by atoms with Crippen molar-refractivity contribution in [2.24, 2.45) is 5.10 Å². The van der Waals surface area contributed by atoms with E-state index < -0.39 is 5.91 Å². The van der Waals surface area contributed by atoms with Gasteiger partial charge in [-0.15, -0.1) is 0 Å². The second kappa shape index (κ2) is 11.7. The number of rotatable bonds is 7. The lowest BCUT2D eigenvalue weighted by atomic mass is 10.2. The Bertz CT molecular complexity index is 1220. The Balaban J connectivity index is 1.67. The molecule has 0 saturated carbocycles. The summed E-state index contributed by atoms with van der Waals surface area (Å²) in [6.07, 6.45) is 1.43. The number of aryl methyl sites for hydroxylation is 1. The lowest BCUT2D eigenvalue weighted by Gasteiger charge is -2.12. The number of anilines is 1. The molecule has 3 aromatic carbocycles. The second-order valence-electron chi connectivity index (χ2n) is 6.81. The van der Waals surface area contributed by atoms with Crippen LogP contribution < -0.4 is 15.5 Å². The molecular formula is C23H17Br2Cl2N3O3. The normalized spacial score (nSPS) is 10.8. The molecule has 0 aliphatic rings. The van der Waals surface area contributed by atoms with Crippen molar-refractivity contribution < 1.29 is 14.3 Å². The Hall–Kier alpha value is -2.39. The molecule has 3 rings (SSSR count). The zero-order valence-electron chi connectivity index (χ0n) is 17.2. The highest BCUT2D eigenvalue weighted by molar-refractivity contribution is 9.11. The molecule has 3 aromatic rings. The molecule has 0 aliphatic heterocycles. The molecule has 10 heteroatoms. The average molecular weight is 614 g/mol. The third-order valence-electron chi connectivity index (χ3n) is 4.32. The summed E-state index contributed by atoms with van der Waals surface area (Å²) in [5, 5.41) is 7.83. The van der Waals surface area contributed by atoms with Crippen molar-refractivity contribution in [3.8, 4) is 5.75 Å². The van der Waals surface area contributed by atoms with Crippen LogP contribution in [0.25, 0.3) is 0 Å². The van der Waals surface area contributed by atoms with Crippen molar-refractivity contribution >= 4 is 78.8 Å². The molecule has 0 aliphatic carbocycles. The van der Waals surface area contributed by atoms with Gasteiger partial charge in [0.15, 0.2) is 6.61 Å². The number of benzene rings is 3. The van der Waals surface area contributed by atoms with E-state index in [4.69, 9.17) is 27.9 Å². The predicted molar refractivity (Wildman–Crippen MR) is 139 cm³/mol. The van der Waals surface area contributed by atoms with Gasteiger partial charge in [-0.25, -0.2) is 5.43 Å². The van der Waals surface area contributed by atoms with Crippen molar-refractivity contribution in [3.05, 3.63) is 90.3 Å². The van der Waals surface area contributed by atoms with E-state index in [1.807, 2.05) is 13.0 Å². The van der Waals surface area contributed by atoms with Crippen LogP contribution in [0.1, 0.15) is 21.5 Å². The molecule has 0 spiro atoms. The van der Waals surface area contributed by atoms with Crippen LogP contribution in [-0.4, -0.2) is 24.6 Å². The summed E-state index contributed by atoms with van der Waals surface area (Å²) in [7, 11) is 0. The minimum Gasteiger partial charge on any atom is -0.482 e. The number of hydrogen-bond acceptors (Lipinski definition) is 4. The SMILES string of the molecule is Cc1ccc(NC(=O)COc2c(Br)cc(Br)cc2/C=N/NC(=O)c2ccc(Cl)cc2)cc1Cl. The molecule has 170 valence electrons. The van der Waals surface area contributed by atoms with Crippen LogP contribution in [0.15, 0.2) is 68.6 Å². The summed E-state index contributed by atoms with van der Waals surface area (Å²) in [4.78, 5) is 24.6. The third kappa shape index (κ3) is 7.30. The molecule has 0 atom stereocenters. The molecule has 33 heavy (non-hydrogen) atoms. The zero-order chi connectivity index (χ0) is 24.0. The maximum atomic E-state index is 12.4. The highest BCUT2D eigenvalue weighted by Crippen LogP contribution is 2.32. The van der Waals surface area contributed by atoms with E-state index in [1.54, 1.807) is 48.5 Å². The minimum absolute atomic E-state index is 0.246. The largest absolute Gasteiger partial charge is 0.482 e. The smallest absolute Gasteiger partial charge is 0.271 e. The van der Waals surface area contributed by atoms with Crippen LogP contribution in [0, 0.1) is 6.92 Å². The Morgan fingerprint density at radius 1 is 1.06 bits per heavy atom. The summed E-state index contributed by atoms with van der Waals surface area (Å²) in [5.41, 5.74) is 4.89. The van der Waals surface area contributed by atoms with Crippen LogP contribution in [0.2, 0.25) is 10.0 Å². The Morgan fingerprint density at radius 2 is 1.79 bits per heavy atom. The number of halogens is 4. The molecule has 0 unspecified atom stereocenters. The fourth-order valence-corrected chi connectivity index (χ4v) is 4.34. The molecule has 0 heterocycles. The van der Waals surface area contributed by atoms with Crippen LogP contribution in [0.3, 0.4) is 0 Å². The zero-order valence-corrected chi connectivity index (χ0v) is 21.8. The summed E-state index contributed by atoms with van der Waals surface area (Å²) in [5.74, 6) is -0.362. The molecule has 0 fully saturated rings. The van der Waals surface area contributed by atoms with E-state index in [2.05, 4.69) is 47.7 Å². The van der Waals surface area contributed by atoms with Crippen molar-refractivity contribution in [2.45, 2.75) is 6.92 Å². The Kier molecular flexibility index (Phi) is 8.91. The van der Waals surface area contributed by atoms with Gasteiger partial charge >= 0.3 is 0 Å². The molecule has 0 aromatic heterocycles. The van der Waals surface area contributed by atoms with Crippen LogP contribution in [-0.2, 0) is 4.79 Å². The number of hydrazone groups is 1. The number of amides is 2. The first-order valence-corrected chi connectivity index (χ1v) is 11.8. The fourth-order valence-electron chi connectivity index (χ4n) is 2.66. The molecule has 0 bridgehead atoms.